The molecule has 2 heterocycles. The maximum atomic E-state index is 15.0. The Kier molecular flexibility index (Phi) is 4.26. The topological polar surface area (TPSA) is 32.7 Å². The minimum atomic E-state index is -1.51. The van der Waals surface area contributed by atoms with Crippen LogP contribution in [0, 0.1) is 11.6 Å². The van der Waals surface area contributed by atoms with E-state index < -0.39 is 29.1 Å². The highest BCUT2D eigenvalue weighted by Crippen LogP contribution is 2.50. The number of benzene rings is 2. The summed E-state index contributed by atoms with van der Waals surface area (Å²) in [6, 6.07) is 9.01. The lowest BCUT2D eigenvalue weighted by molar-refractivity contribution is -0.147. The van der Waals surface area contributed by atoms with Crippen molar-refractivity contribution in [1.82, 2.24) is 4.90 Å². The molecule has 0 aromatic heterocycles. The zero-order valence-corrected chi connectivity index (χ0v) is 16.1. The van der Waals surface area contributed by atoms with Crippen molar-refractivity contribution in [3.05, 3.63) is 70.3 Å². The summed E-state index contributed by atoms with van der Waals surface area (Å²) in [5.74, 6) is -2.09. The Labute approximate surface area is 167 Å². The second-order valence-corrected chi connectivity index (χ2v) is 8.43. The van der Waals surface area contributed by atoms with E-state index in [1.807, 2.05) is 36.1 Å². The molecule has 0 saturated carbocycles. The second kappa shape index (κ2) is 6.61. The average molecular weight is 401 g/mol. The van der Waals surface area contributed by atoms with Gasteiger partial charge in [-0.15, -0.1) is 0 Å². The van der Waals surface area contributed by atoms with Crippen molar-refractivity contribution >= 4 is 5.57 Å². The van der Waals surface area contributed by atoms with Crippen molar-refractivity contribution in [2.24, 2.45) is 0 Å². The lowest BCUT2D eigenvalue weighted by Crippen LogP contribution is -2.57. The van der Waals surface area contributed by atoms with Crippen molar-refractivity contribution in [3.63, 3.8) is 0 Å². The van der Waals surface area contributed by atoms with Gasteiger partial charge < -0.3 is 9.84 Å². The molecule has 2 aromatic rings. The zero-order chi connectivity index (χ0) is 20.3. The van der Waals surface area contributed by atoms with Crippen LogP contribution < -0.4 is 0 Å². The largest absolute Gasteiger partial charge is 0.508 e. The number of phenols is 1. The van der Waals surface area contributed by atoms with Crippen molar-refractivity contribution in [2.45, 2.75) is 37.5 Å². The van der Waals surface area contributed by atoms with Crippen molar-refractivity contribution < 1.29 is 23.0 Å². The van der Waals surface area contributed by atoms with E-state index in [9.17, 15) is 13.9 Å². The van der Waals surface area contributed by atoms with E-state index in [2.05, 4.69) is 0 Å². The number of rotatable bonds is 3. The van der Waals surface area contributed by atoms with Crippen molar-refractivity contribution in [1.29, 1.82) is 0 Å². The molecule has 29 heavy (non-hydrogen) atoms. The summed E-state index contributed by atoms with van der Waals surface area (Å²) in [5, 5.41) is 9.62. The van der Waals surface area contributed by atoms with Gasteiger partial charge in [0.15, 0.2) is 5.67 Å². The van der Waals surface area contributed by atoms with Crippen LogP contribution in [-0.2, 0) is 11.2 Å². The highest BCUT2D eigenvalue weighted by atomic mass is 19.1. The number of hydrogen-bond donors (Lipinski definition) is 1. The highest BCUT2D eigenvalue weighted by molar-refractivity contribution is 5.79. The summed E-state index contributed by atoms with van der Waals surface area (Å²) in [5.41, 5.74) is 2.60. The number of halogens is 3. The zero-order valence-electron chi connectivity index (χ0n) is 16.1. The van der Waals surface area contributed by atoms with Gasteiger partial charge in [0.1, 0.15) is 17.4 Å². The first-order valence-corrected chi connectivity index (χ1v) is 9.87. The van der Waals surface area contributed by atoms with Crippen LogP contribution >= 0.6 is 0 Å². The molecule has 0 bridgehead atoms. The molecule has 6 heteroatoms. The Morgan fingerprint density at radius 3 is 2.52 bits per heavy atom. The Morgan fingerprint density at radius 1 is 1.17 bits per heavy atom. The molecular weight excluding hydrogens is 379 g/mol. The maximum absolute atomic E-state index is 15.0. The molecule has 3 aliphatic rings. The summed E-state index contributed by atoms with van der Waals surface area (Å²) in [7, 11) is 0. The molecule has 1 N–H and O–H groups in total. The third-order valence-corrected chi connectivity index (χ3v) is 6.36. The number of ether oxygens (including phenoxy) is 1. The fourth-order valence-electron chi connectivity index (χ4n) is 4.99. The fraction of sp³-hybridized carbons (Fsp3) is 0.391. The van der Waals surface area contributed by atoms with E-state index in [0.29, 0.717) is 12.8 Å². The van der Waals surface area contributed by atoms with Crippen LogP contribution in [0.5, 0.6) is 5.75 Å². The Balaban J connectivity index is 1.66. The molecule has 5 rings (SSSR count). The van der Waals surface area contributed by atoms with E-state index in [-0.39, 0.29) is 31.4 Å². The Bertz CT molecular complexity index is 992. The standard InChI is InChI=1S/C23H22F3NO2/c1-13-6-17-16-5-3-2-4-14(16)7-18(17)22(27(13)10-23(26)11-29-12-23)21-19(24)8-15(28)9-20(21)25/h2-5,8-9,13,22,28H,6-7,10-12H2,1H3/t13-,22+/m1/s1. The first-order valence-electron chi connectivity index (χ1n) is 9.87. The normalized spacial score (nSPS) is 25.5. The van der Waals surface area contributed by atoms with Gasteiger partial charge in [-0.25, -0.2) is 13.2 Å². The third-order valence-electron chi connectivity index (χ3n) is 6.36. The molecule has 0 unspecified atom stereocenters. The third kappa shape index (κ3) is 2.97. The van der Waals surface area contributed by atoms with Crippen LogP contribution in [0.3, 0.4) is 0 Å². The first-order chi connectivity index (χ1) is 13.9. The molecule has 0 spiro atoms. The SMILES string of the molecule is C[C@@H]1CC2=C(Cc3ccccc32)[C@@H](c2c(F)cc(O)cc2F)N1CC1(F)COC1. The number of fused-ring (bicyclic) bond motifs is 2. The van der Waals surface area contributed by atoms with Crippen LogP contribution in [0.4, 0.5) is 13.2 Å². The van der Waals surface area contributed by atoms with Crippen LogP contribution in [0.15, 0.2) is 42.0 Å². The van der Waals surface area contributed by atoms with Gasteiger partial charge in [0.25, 0.3) is 0 Å². The van der Waals surface area contributed by atoms with Gasteiger partial charge >= 0.3 is 0 Å². The van der Waals surface area contributed by atoms with Gasteiger partial charge in [-0.3, -0.25) is 4.90 Å². The molecule has 1 aliphatic carbocycles. The van der Waals surface area contributed by atoms with Gasteiger partial charge in [-0.1, -0.05) is 24.3 Å². The minimum Gasteiger partial charge on any atom is -0.508 e. The Morgan fingerprint density at radius 2 is 1.86 bits per heavy atom. The highest BCUT2D eigenvalue weighted by Gasteiger charge is 2.47. The van der Waals surface area contributed by atoms with E-state index in [1.54, 1.807) is 0 Å². The number of nitrogens with zero attached hydrogens (tertiary/aromatic N) is 1. The molecule has 3 nitrogen and oxygen atoms in total. The summed E-state index contributed by atoms with van der Waals surface area (Å²) in [6.45, 7) is 2.01. The van der Waals surface area contributed by atoms with Crippen LogP contribution in [0.2, 0.25) is 0 Å². The maximum Gasteiger partial charge on any atom is 0.169 e. The van der Waals surface area contributed by atoms with E-state index in [1.165, 1.54) is 0 Å². The van der Waals surface area contributed by atoms with Crippen LogP contribution in [0.1, 0.15) is 36.1 Å². The number of hydrogen-bond acceptors (Lipinski definition) is 3. The fourth-order valence-corrected chi connectivity index (χ4v) is 4.99. The summed E-state index contributed by atoms with van der Waals surface area (Å²) in [4.78, 5) is 1.87. The molecule has 2 aromatic carbocycles. The van der Waals surface area contributed by atoms with E-state index >= 15 is 4.39 Å². The summed E-state index contributed by atoms with van der Waals surface area (Å²) >= 11 is 0. The minimum absolute atomic E-state index is 0.00435. The van der Waals surface area contributed by atoms with Gasteiger partial charge in [0.2, 0.25) is 0 Å². The Hall–Kier alpha value is -2.31. The predicted octanol–water partition coefficient (Wildman–Crippen LogP) is 4.55. The lowest BCUT2D eigenvalue weighted by Gasteiger charge is -2.47. The number of phenolic OH excluding ortho intramolecular Hbond substituents is 1. The quantitative estimate of drug-likeness (QED) is 0.819. The number of alkyl halides is 1. The second-order valence-electron chi connectivity index (χ2n) is 8.43. The van der Waals surface area contributed by atoms with Gasteiger partial charge in [-0.2, -0.15) is 0 Å². The monoisotopic (exact) mass is 401 g/mol. The van der Waals surface area contributed by atoms with Crippen molar-refractivity contribution in [3.8, 4) is 5.75 Å². The molecule has 0 radical (unpaired) electrons. The summed E-state index contributed by atoms with van der Waals surface area (Å²) < 4.78 is 50.0. The van der Waals surface area contributed by atoms with E-state index in [4.69, 9.17) is 4.74 Å². The van der Waals surface area contributed by atoms with Gasteiger partial charge in [0.05, 0.1) is 19.3 Å². The molecule has 2 aliphatic heterocycles. The molecule has 2 atom stereocenters. The molecule has 1 saturated heterocycles. The molecular formula is C23H22F3NO2. The first kappa shape index (κ1) is 18.7. The van der Waals surface area contributed by atoms with Crippen LogP contribution in [-0.4, -0.2) is 41.5 Å². The number of aromatic hydroxyl groups is 1. The van der Waals surface area contributed by atoms with E-state index in [0.717, 1.165) is 34.4 Å². The summed E-state index contributed by atoms with van der Waals surface area (Å²) in [6.07, 6.45) is 1.27. The molecule has 1 fully saturated rings. The van der Waals surface area contributed by atoms with Crippen molar-refractivity contribution in [2.75, 3.05) is 19.8 Å². The van der Waals surface area contributed by atoms with Crippen LogP contribution in [0.25, 0.3) is 5.57 Å². The smallest absolute Gasteiger partial charge is 0.169 e. The molecule has 152 valence electrons. The average Bonchev–Trinajstić information content (AvgIpc) is 3.00. The van der Waals surface area contributed by atoms with Gasteiger partial charge in [-0.05, 0) is 42.0 Å². The predicted molar refractivity (Wildman–Crippen MR) is 103 cm³/mol. The lowest BCUT2D eigenvalue weighted by atomic mass is 9.83. The molecule has 0 amide bonds. The van der Waals surface area contributed by atoms with Gasteiger partial charge in [0, 0.05) is 30.3 Å².